The second kappa shape index (κ2) is 10.8. The number of hydrogen-bond donors (Lipinski definition) is 3. The van der Waals surface area contributed by atoms with Crippen LogP contribution in [0.15, 0.2) is 61.2 Å². The standard InChI is InChI=1S/C25H25F2N5O2/c26-18-12-20(14-29-13-18)31-25(34)23(10-16-4-1-2-5-16)32-24(33)17-6-3-7-19(11-17)30-22-8-9-28-15-21(22)27/h3,6-9,11-16,23H,1-2,4-5,10H2,(H,28,30)(H,31,34)(H,32,33)/t23-/m1/s1. The van der Waals surface area contributed by atoms with Crippen molar-refractivity contribution in [1.29, 1.82) is 0 Å². The van der Waals surface area contributed by atoms with Crippen LogP contribution < -0.4 is 16.0 Å². The predicted molar refractivity (Wildman–Crippen MR) is 125 cm³/mol. The summed E-state index contributed by atoms with van der Waals surface area (Å²) in [6.07, 6.45) is 9.63. The van der Waals surface area contributed by atoms with Gasteiger partial charge in [0.2, 0.25) is 5.91 Å². The number of rotatable bonds is 8. The average Bonchev–Trinajstić information content (AvgIpc) is 3.33. The summed E-state index contributed by atoms with van der Waals surface area (Å²) in [5.41, 5.74) is 1.28. The van der Waals surface area contributed by atoms with Gasteiger partial charge in [-0.1, -0.05) is 31.7 Å². The molecule has 0 bridgehead atoms. The Morgan fingerprint density at radius 2 is 1.82 bits per heavy atom. The van der Waals surface area contributed by atoms with E-state index in [9.17, 15) is 18.4 Å². The van der Waals surface area contributed by atoms with Crippen LogP contribution in [0.2, 0.25) is 0 Å². The maximum Gasteiger partial charge on any atom is 0.252 e. The van der Waals surface area contributed by atoms with Crippen molar-refractivity contribution in [2.75, 3.05) is 10.6 Å². The first-order valence-corrected chi connectivity index (χ1v) is 11.2. The maximum absolute atomic E-state index is 13.9. The molecule has 1 atom stereocenters. The minimum atomic E-state index is -0.798. The molecule has 9 heteroatoms. The van der Waals surface area contributed by atoms with E-state index in [-0.39, 0.29) is 11.4 Å². The number of anilines is 3. The van der Waals surface area contributed by atoms with Gasteiger partial charge in [-0.15, -0.1) is 0 Å². The van der Waals surface area contributed by atoms with E-state index in [0.29, 0.717) is 23.6 Å². The normalized spacial score (nSPS) is 14.4. The van der Waals surface area contributed by atoms with Crippen LogP contribution in [-0.4, -0.2) is 27.8 Å². The molecule has 0 radical (unpaired) electrons. The smallest absolute Gasteiger partial charge is 0.252 e. The molecule has 3 aromatic rings. The Balaban J connectivity index is 1.48. The van der Waals surface area contributed by atoms with Gasteiger partial charge in [0.1, 0.15) is 11.9 Å². The van der Waals surface area contributed by atoms with Crippen LogP contribution in [0, 0.1) is 17.6 Å². The van der Waals surface area contributed by atoms with E-state index in [1.54, 1.807) is 24.3 Å². The Morgan fingerprint density at radius 1 is 1.00 bits per heavy atom. The van der Waals surface area contributed by atoms with E-state index in [2.05, 4.69) is 25.9 Å². The van der Waals surface area contributed by atoms with E-state index in [1.807, 2.05) is 0 Å². The Kier molecular flexibility index (Phi) is 7.41. The first-order chi connectivity index (χ1) is 16.5. The molecule has 1 aliphatic rings. The lowest BCUT2D eigenvalue weighted by Gasteiger charge is -2.21. The topological polar surface area (TPSA) is 96.0 Å². The van der Waals surface area contributed by atoms with Gasteiger partial charge in [0.05, 0.1) is 30.0 Å². The molecule has 4 rings (SSSR count). The fourth-order valence-corrected chi connectivity index (χ4v) is 4.13. The van der Waals surface area contributed by atoms with Crippen LogP contribution in [0.1, 0.15) is 42.5 Å². The highest BCUT2D eigenvalue weighted by Crippen LogP contribution is 2.29. The fraction of sp³-hybridized carbons (Fsp3) is 0.280. The molecule has 1 fully saturated rings. The van der Waals surface area contributed by atoms with E-state index in [1.165, 1.54) is 24.5 Å². The van der Waals surface area contributed by atoms with Crippen molar-refractivity contribution in [3.05, 3.63) is 78.4 Å². The van der Waals surface area contributed by atoms with Crippen LogP contribution in [0.25, 0.3) is 0 Å². The zero-order chi connectivity index (χ0) is 23.9. The van der Waals surface area contributed by atoms with Gasteiger partial charge in [0.15, 0.2) is 5.82 Å². The van der Waals surface area contributed by atoms with E-state index in [0.717, 1.165) is 38.1 Å². The molecule has 1 aromatic carbocycles. The van der Waals surface area contributed by atoms with Crippen LogP contribution >= 0.6 is 0 Å². The third-order valence-corrected chi connectivity index (χ3v) is 5.81. The molecule has 2 heterocycles. The molecule has 1 aliphatic carbocycles. The molecule has 2 amide bonds. The van der Waals surface area contributed by atoms with Gasteiger partial charge in [0.25, 0.3) is 5.91 Å². The Bertz CT molecular complexity index is 1170. The molecule has 34 heavy (non-hydrogen) atoms. The van der Waals surface area contributed by atoms with Gasteiger partial charge < -0.3 is 16.0 Å². The predicted octanol–water partition coefficient (Wildman–Crippen LogP) is 4.82. The number of hydrogen-bond acceptors (Lipinski definition) is 5. The SMILES string of the molecule is O=C(N[C@H](CC1CCCC1)C(=O)Nc1cncc(F)c1)c1cccc(Nc2ccncc2F)c1. The maximum atomic E-state index is 13.9. The molecule has 0 spiro atoms. The lowest BCUT2D eigenvalue weighted by molar-refractivity contribution is -0.118. The minimum absolute atomic E-state index is 0.223. The summed E-state index contributed by atoms with van der Waals surface area (Å²) < 4.78 is 27.4. The van der Waals surface area contributed by atoms with Crippen LogP contribution in [0.3, 0.4) is 0 Å². The first kappa shape index (κ1) is 23.3. The number of amides is 2. The molecule has 2 aromatic heterocycles. The molecule has 1 saturated carbocycles. The second-order valence-electron chi connectivity index (χ2n) is 8.35. The van der Waals surface area contributed by atoms with Crippen molar-refractivity contribution >= 4 is 28.9 Å². The second-order valence-corrected chi connectivity index (χ2v) is 8.35. The number of carbonyl (C=O) groups is 2. The molecular formula is C25H25F2N5O2. The number of carbonyl (C=O) groups excluding carboxylic acids is 2. The van der Waals surface area contributed by atoms with Crippen molar-refractivity contribution in [1.82, 2.24) is 15.3 Å². The third kappa shape index (κ3) is 6.12. The van der Waals surface area contributed by atoms with Crippen LogP contribution in [-0.2, 0) is 4.79 Å². The van der Waals surface area contributed by atoms with Crippen molar-refractivity contribution in [2.45, 2.75) is 38.1 Å². The Hall–Kier alpha value is -3.88. The number of nitrogens with one attached hydrogen (secondary N) is 3. The molecular weight excluding hydrogens is 440 g/mol. The Labute approximate surface area is 196 Å². The highest BCUT2D eigenvalue weighted by atomic mass is 19.1. The van der Waals surface area contributed by atoms with Crippen molar-refractivity contribution in [3.8, 4) is 0 Å². The van der Waals surface area contributed by atoms with E-state index in [4.69, 9.17) is 0 Å². The summed E-state index contributed by atoms with van der Waals surface area (Å²) in [4.78, 5) is 33.5. The number of aromatic nitrogens is 2. The summed E-state index contributed by atoms with van der Waals surface area (Å²) in [6.45, 7) is 0. The summed E-state index contributed by atoms with van der Waals surface area (Å²) in [5, 5.41) is 8.39. The van der Waals surface area contributed by atoms with Gasteiger partial charge in [-0.25, -0.2) is 8.78 Å². The zero-order valence-electron chi connectivity index (χ0n) is 18.4. The Morgan fingerprint density at radius 3 is 2.59 bits per heavy atom. The molecule has 7 nitrogen and oxygen atoms in total. The molecule has 0 aliphatic heterocycles. The molecule has 0 saturated heterocycles. The summed E-state index contributed by atoms with van der Waals surface area (Å²) in [7, 11) is 0. The number of halogens is 2. The largest absolute Gasteiger partial charge is 0.353 e. The van der Waals surface area contributed by atoms with Crippen LogP contribution in [0.5, 0.6) is 0 Å². The lowest BCUT2D eigenvalue weighted by Crippen LogP contribution is -2.44. The highest BCUT2D eigenvalue weighted by Gasteiger charge is 2.27. The highest BCUT2D eigenvalue weighted by molar-refractivity contribution is 6.01. The monoisotopic (exact) mass is 465 g/mol. The minimum Gasteiger partial charge on any atom is -0.353 e. The number of nitrogens with zero attached hydrogens (tertiary/aromatic N) is 2. The first-order valence-electron chi connectivity index (χ1n) is 11.2. The van der Waals surface area contributed by atoms with Gasteiger partial charge in [-0.2, -0.15) is 0 Å². The van der Waals surface area contributed by atoms with Gasteiger partial charge in [-0.05, 0) is 36.6 Å². The number of pyridine rings is 2. The molecule has 0 unspecified atom stereocenters. The molecule has 176 valence electrons. The summed E-state index contributed by atoms with van der Waals surface area (Å²) in [6, 6.07) is 8.43. The van der Waals surface area contributed by atoms with Gasteiger partial charge >= 0.3 is 0 Å². The quantitative estimate of drug-likeness (QED) is 0.444. The van der Waals surface area contributed by atoms with Crippen molar-refractivity contribution in [3.63, 3.8) is 0 Å². The average molecular weight is 466 g/mol. The van der Waals surface area contributed by atoms with Gasteiger partial charge in [-0.3, -0.25) is 19.6 Å². The molecule has 3 N–H and O–H groups in total. The van der Waals surface area contributed by atoms with Crippen LogP contribution in [0.4, 0.5) is 25.8 Å². The van der Waals surface area contributed by atoms with Gasteiger partial charge in [0, 0.05) is 23.5 Å². The summed E-state index contributed by atoms with van der Waals surface area (Å²) >= 11 is 0. The van der Waals surface area contributed by atoms with E-state index < -0.39 is 29.5 Å². The third-order valence-electron chi connectivity index (χ3n) is 5.81. The lowest BCUT2D eigenvalue weighted by atomic mass is 9.97. The number of benzene rings is 1. The van der Waals surface area contributed by atoms with Crippen molar-refractivity contribution < 1.29 is 18.4 Å². The summed E-state index contributed by atoms with van der Waals surface area (Å²) in [5.74, 6) is -1.62. The van der Waals surface area contributed by atoms with Crippen molar-refractivity contribution in [2.24, 2.45) is 5.92 Å². The van der Waals surface area contributed by atoms with E-state index >= 15 is 0 Å². The fourth-order valence-electron chi connectivity index (χ4n) is 4.13. The zero-order valence-corrected chi connectivity index (χ0v) is 18.4.